The molecule has 0 N–H and O–H groups in total. The van der Waals surface area contributed by atoms with E-state index >= 15 is 0 Å². The highest BCUT2D eigenvalue weighted by molar-refractivity contribution is 6.03. The average Bonchev–Trinajstić information content (AvgIpc) is 3.29. The average molecular weight is 509 g/mol. The summed E-state index contributed by atoms with van der Waals surface area (Å²) in [4.78, 5) is 33.3. The Bertz CT molecular complexity index is 1420. The van der Waals surface area contributed by atoms with Crippen molar-refractivity contribution in [2.24, 2.45) is 7.05 Å². The molecule has 190 valence electrons. The Morgan fingerprint density at radius 1 is 1.16 bits per heavy atom. The van der Waals surface area contributed by atoms with Gasteiger partial charge in [-0.25, -0.2) is 14.6 Å². The number of carbonyl (C=O) groups excluding carboxylic acids is 2. The predicted octanol–water partition coefficient (Wildman–Crippen LogP) is 4.94. The zero-order valence-electron chi connectivity index (χ0n) is 20.2. The van der Waals surface area contributed by atoms with Crippen molar-refractivity contribution < 1.29 is 27.5 Å². The molecular weight excluding hydrogens is 487 g/mol. The van der Waals surface area contributed by atoms with Gasteiger partial charge in [0.15, 0.2) is 0 Å². The number of urea groups is 1. The van der Waals surface area contributed by atoms with Crippen molar-refractivity contribution in [3.8, 4) is 6.07 Å². The fraction of sp³-hybridized carbons (Fsp3) is 0.231. The van der Waals surface area contributed by atoms with E-state index in [1.165, 1.54) is 37.2 Å². The van der Waals surface area contributed by atoms with Crippen LogP contribution in [0.5, 0.6) is 0 Å². The molecule has 1 aliphatic rings. The van der Waals surface area contributed by atoms with Crippen molar-refractivity contribution >= 4 is 17.7 Å². The first-order valence-electron chi connectivity index (χ1n) is 11.1. The van der Waals surface area contributed by atoms with Gasteiger partial charge >= 0.3 is 18.2 Å². The lowest BCUT2D eigenvalue weighted by atomic mass is 9.92. The second-order valence-corrected chi connectivity index (χ2v) is 8.48. The van der Waals surface area contributed by atoms with E-state index in [1.807, 2.05) is 6.07 Å². The number of halogens is 3. The van der Waals surface area contributed by atoms with Gasteiger partial charge in [-0.2, -0.15) is 18.4 Å². The van der Waals surface area contributed by atoms with Crippen LogP contribution in [0.2, 0.25) is 0 Å². The van der Waals surface area contributed by atoms with E-state index in [1.54, 1.807) is 42.2 Å². The summed E-state index contributed by atoms with van der Waals surface area (Å²) >= 11 is 0. The number of nitriles is 1. The number of hydrogen-bond acceptors (Lipinski definition) is 5. The first kappa shape index (κ1) is 25.5. The summed E-state index contributed by atoms with van der Waals surface area (Å²) in [6, 6.07) is 11.2. The predicted molar refractivity (Wildman–Crippen MR) is 127 cm³/mol. The number of carbonyl (C=O) groups is 2. The van der Waals surface area contributed by atoms with Crippen LogP contribution in [0.3, 0.4) is 0 Å². The number of ether oxygens (including phenoxy) is 1. The van der Waals surface area contributed by atoms with Gasteiger partial charge in [-0.15, -0.1) is 0 Å². The van der Waals surface area contributed by atoms with Gasteiger partial charge in [-0.1, -0.05) is 18.2 Å². The Hall–Kier alpha value is -4.59. The molecule has 2 heterocycles. The molecule has 1 unspecified atom stereocenters. The summed E-state index contributed by atoms with van der Waals surface area (Å²) in [6.45, 7) is 1.38. The maximum absolute atomic E-state index is 13.5. The van der Waals surface area contributed by atoms with Crippen molar-refractivity contribution in [3.05, 3.63) is 94.7 Å². The molecule has 0 fully saturated rings. The summed E-state index contributed by atoms with van der Waals surface area (Å²) in [5.74, 6) is -0.746. The van der Waals surface area contributed by atoms with Gasteiger partial charge in [0.2, 0.25) is 0 Å². The molecule has 11 heteroatoms. The molecule has 2 aromatic carbocycles. The first-order chi connectivity index (χ1) is 17.5. The molecule has 3 aromatic rings. The third-order valence-corrected chi connectivity index (χ3v) is 6.15. The van der Waals surface area contributed by atoms with E-state index in [2.05, 4.69) is 4.98 Å². The smallest absolute Gasteiger partial charge is 0.416 e. The van der Waals surface area contributed by atoms with Gasteiger partial charge in [-0.05, 0) is 42.8 Å². The molecule has 37 heavy (non-hydrogen) atoms. The van der Waals surface area contributed by atoms with E-state index in [0.717, 1.165) is 17.0 Å². The summed E-state index contributed by atoms with van der Waals surface area (Å²) < 4.78 is 47.4. The second kappa shape index (κ2) is 9.81. The van der Waals surface area contributed by atoms with Crippen LogP contribution in [-0.4, -0.2) is 33.5 Å². The number of imidazole rings is 1. The van der Waals surface area contributed by atoms with E-state index in [9.17, 15) is 22.8 Å². The molecule has 0 radical (unpaired) electrons. The Balaban J connectivity index is 1.82. The zero-order chi connectivity index (χ0) is 26.9. The normalized spacial score (nSPS) is 16.1. The van der Waals surface area contributed by atoms with Gasteiger partial charge in [0.05, 0.1) is 52.7 Å². The van der Waals surface area contributed by atoms with Crippen LogP contribution in [0.1, 0.15) is 35.3 Å². The fourth-order valence-electron chi connectivity index (χ4n) is 4.18. The summed E-state index contributed by atoms with van der Waals surface area (Å²) in [7, 11) is 3.19. The monoisotopic (exact) mass is 509 g/mol. The number of aryl methyl sites for hydroxylation is 1. The van der Waals surface area contributed by atoms with Gasteiger partial charge in [-0.3, -0.25) is 4.90 Å². The third kappa shape index (κ3) is 4.91. The van der Waals surface area contributed by atoms with Crippen molar-refractivity contribution in [1.82, 2.24) is 14.5 Å². The maximum atomic E-state index is 13.5. The number of alkyl halides is 3. The standard InChI is InChI=1S/C26H22F3N5O3/c1-16-22(24(35)37-14-21-13-31-15-32(21)2)23(18-9-7-17(12-30)8-10-18)33(3)25(36)34(16)20-6-4-5-19(11-20)26(27,28)29/h4-11,13,15,23H,14H2,1-3H3. The second-order valence-electron chi connectivity index (χ2n) is 8.48. The highest BCUT2D eigenvalue weighted by atomic mass is 19.4. The van der Waals surface area contributed by atoms with Crippen molar-refractivity contribution in [1.29, 1.82) is 5.26 Å². The van der Waals surface area contributed by atoms with Gasteiger partial charge in [0.1, 0.15) is 6.61 Å². The van der Waals surface area contributed by atoms with Crippen LogP contribution in [-0.2, 0) is 29.4 Å². The lowest BCUT2D eigenvalue weighted by molar-refractivity contribution is -0.141. The van der Waals surface area contributed by atoms with Crippen LogP contribution >= 0.6 is 0 Å². The number of allylic oxidation sites excluding steroid dienone is 1. The SMILES string of the molecule is CC1=C(C(=O)OCc2cncn2C)C(c2ccc(C#N)cc2)N(C)C(=O)N1c1cccc(C(F)(F)F)c1. The molecule has 8 nitrogen and oxygen atoms in total. The van der Waals surface area contributed by atoms with Crippen LogP contribution in [0.15, 0.2) is 72.3 Å². The Labute approximate surface area is 210 Å². The molecule has 1 atom stereocenters. The van der Waals surface area contributed by atoms with Crippen LogP contribution in [0, 0.1) is 11.3 Å². The molecule has 2 amide bonds. The Kier molecular flexibility index (Phi) is 6.76. The lowest BCUT2D eigenvalue weighted by Gasteiger charge is -2.41. The number of benzene rings is 2. The fourth-order valence-corrected chi connectivity index (χ4v) is 4.18. The zero-order valence-corrected chi connectivity index (χ0v) is 20.2. The quantitative estimate of drug-likeness (QED) is 0.455. The van der Waals surface area contributed by atoms with Crippen LogP contribution in [0.4, 0.5) is 23.7 Å². The highest BCUT2D eigenvalue weighted by Crippen LogP contribution is 2.40. The Morgan fingerprint density at radius 3 is 2.46 bits per heavy atom. The van der Waals surface area contributed by atoms with E-state index in [0.29, 0.717) is 16.8 Å². The van der Waals surface area contributed by atoms with E-state index in [4.69, 9.17) is 10.00 Å². The Morgan fingerprint density at radius 2 is 1.86 bits per heavy atom. The van der Waals surface area contributed by atoms with Gasteiger partial charge in [0, 0.05) is 19.8 Å². The van der Waals surface area contributed by atoms with Crippen molar-refractivity contribution in [3.63, 3.8) is 0 Å². The number of likely N-dealkylation sites (N-methyl/N-ethyl adjacent to an activating group) is 1. The molecule has 0 saturated carbocycles. The van der Waals surface area contributed by atoms with Crippen molar-refractivity contribution in [2.45, 2.75) is 25.7 Å². The number of hydrogen-bond donors (Lipinski definition) is 0. The highest BCUT2D eigenvalue weighted by Gasteiger charge is 2.42. The van der Waals surface area contributed by atoms with Gasteiger partial charge < -0.3 is 14.2 Å². The molecular formula is C26H22F3N5O3. The largest absolute Gasteiger partial charge is 0.456 e. The lowest BCUT2D eigenvalue weighted by Crippen LogP contribution is -2.49. The molecule has 0 aliphatic carbocycles. The number of esters is 1. The number of amides is 2. The summed E-state index contributed by atoms with van der Waals surface area (Å²) in [6.07, 6.45) is -1.53. The number of nitrogens with zero attached hydrogens (tertiary/aromatic N) is 5. The topological polar surface area (TPSA) is 91.5 Å². The van der Waals surface area contributed by atoms with Crippen LogP contribution in [0.25, 0.3) is 0 Å². The minimum absolute atomic E-state index is 0.0422. The summed E-state index contributed by atoms with van der Waals surface area (Å²) in [5, 5.41) is 9.15. The first-order valence-corrected chi connectivity index (χ1v) is 11.1. The van der Waals surface area contributed by atoms with E-state index in [-0.39, 0.29) is 23.6 Å². The number of rotatable bonds is 5. The molecule has 4 rings (SSSR count). The minimum Gasteiger partial charge on any atom is -0.456 e. The molecule has 0 spiro atoms. The molecule has 0 saturated heterocycles. The van der Waals surface area contributed by atoms with Gasteiger partial charge in [0.25, 0.3) is 0 Å². The van der Waals surface area contributed by atoms with Crippen molar-refractivity contribution in [2.75, 3.05) is 11.9 Å². The number of aromatic nitrogens is 2. The molecule has 1 aliphatic heterocycles. The van der Waals surface area contributed by atoms with Crippen LogP contribution < -0.4 is 4.90 Å². The molecule has 1 aromatic heterocycles. The minimum atomic E-state index is -4.62. The number of anilines is 1. The maximum Gasteiger partial charge on any atom is 0.416 e. The third-order valence-electron chi connectivity index (χ3n) is 6.15. The summed E-state index contributed by atoms with van der Waals surface area (Å²) in [5.41, 5.74) is 0.780. The molecule has 0 bridgehead atoms. The van der Waals surface area contributed by atoms with E-state index < -0.39 is 29.8 Å².